The fourth-order valence-electron chi connectivity index (χ4n) is 8.42. The number of aliphatic hydroxyl groups excluding tert-OH is 1. The minimum Gasteiger partial charge on any atom is -0.392 e. The third-order valence-electron chi connectivity index (χ3n) is 11.9. The molecule has 5 fully saturated rings. The normalized spacial score (nSPS) is 20.3. The molecule has 9 rings (SSSR count). The molecule has 0 saturated carbocycles. The summed E-state index contributed by atoms with van der Waals surface area (Å²) in [6.07, 6.45) is 28.2. The number of halogens is 1. The molecule has 9 atom stereocenters. The molecular formula is C55H130B2BrN13OP4. The Kier molecular flexibility index (Phi) is 73.1. The van der Waals surface area contributed by atoms with Gasteiger partial charge in [0.25, 0.3) is 0 Å². The lowest BCUT2D eigenvalue weighted by atomic mass is 9.88. The molecule has 9 heterocycles. The van der Waals surface area contributed by atoms with Gasteiger partial charge in [0.15, 0.2) is 0 Å². The van der Waals surface area contributed by atoms with Crippen LogP contribution in [0.1, 0.15) is 165 Å². The van der Waals surface area contributed by atoms with Gasteiger partial charge in [0.05, 0.1) is 48.5 Å². The number of aromatic nitrogens is 8. The van der Waals surface area contributed by atoms with E-state index in [9.17, 15) is 0 Å². The van der Waals surface area contributed by atoms with Crippen LogP contribution in [0.4, 0.5) is 0 Å². The van der Waals surface area contributed by atoms with Crippen LogP contribution in [0.25, 0.3) is 0 Å². The SMILES string of the molecule is C.C.C.C.C.C.C.C.CN1CCCC(Br)C1.CN1CCCC(O)C1.C[B]C.C[B]N1CCCC(n2cnc(C)c2)C1.Cc1cn(C2CCCN(C)C2)cn1.Cc1cn(C2CCCNC2)cn1.Cc1cnc[nH]1.P.P.P.P. The molecule has 9 unspecified atom stereocenters. The second-order valence-electron chi connectivity index (χ2n) is 18.4. The fourth-order valence-corrected chi connectivity index (χ4v) is 9.24. The molecule has 5 saturated heterocycles. The van der Waals surface area contributed by atoms with E-state index in [1.165, 1.54) is 84.1 Å². The Hall–Kier alpha value is -1.07. The van der Waals surface area contributed by atoms with E-state index in [1.54, 1.807) is 12.5 Å². The number of rotatable bonds is 4. The molecule has 454 valence electrons. The summed E-state index contributed by atoms with van der Waals surface area (Å²) in [4.78, 5) is 29.5. The number of aromatic amines is 1. The Morgan fingerprint density at radius 2 is 0.961 bits per heavy atom. The van der Waals surface area contributed by atoms with Crippen molar-refractivity contribution < 1.29 is 5.11 Å². The summed E-state index contributed by atoms with van der Waals surface area (Å²) in [5, 5.41) is 12.4. The smallest absolute Gasteiger partial charge is 0.205 e. The summed E-state index contributed by atoms with van der Waals surface area (Å²) in [6.45, 7) is 25.7. The van der Waals surface area contributed by atoms with Crippen LogP contribution in [0.5, 0.6) is 0 Å². The number of hydrogen-bond donors (Lipinski definition) is 3. The molecule has 0 spiro atoms. The zero-order chi connectivity index (χ0) is 46.7. The van der Waals surface area contributed by atoms with Crippen LogP contribution >= 0.6 is 55.5 Å². The van der Waals surface area contributed by atoms with Gasteiger partial charge in [0.1, 0.15) is 7.28 Å². The Morgan fingerprint density at radius 3 is 1.26 bits per heavy atom. The molecule has 0 aliphatic carbocycles. The number of alkyl halides is 1. The molecule has 0 bridgehead atoms. The highest BCUT2D eigenvalue weighted by Crippen LogP contribution is 2.22. The molecule has 4 aromatic rings. The molecule has 76 heavy (non-hydrogen) atoms. The van der Waals surface area contributed by atoms with E-state index in [4.69, 9.17) is 5.11 Å². The number of hydrogen-bond acceptors (Lipinski definition) is 10. The highest BCUT2D eigenvalue weighted by molar-refractivity contribution is 9.09. The molecule has 0 aromatic carbocycles. The van der Waals surface area contributed by atoms with Crippen LogP contribution in [0, 0.1) is 27.7 Å². The van der Waals surface area contributed by atoms with Crippen LogP contribution in [0.15, 0.2) is 50.1 Å². The number of nitrogens with zero attached hydrogens (tertiary/aromatic N) is 11. The van der Waals surface area contributed by atoms with Crippen molar-refractivity contribution >= 4 is 70.2 Å². The Labute approximate surface area is 496 Å². The van der Waals surface area contributed by atoms with E-state index in [2.05, 4.69) is 126 Å². The van der Waals surface area contributed by atoms with Gasteiger partial charge in [-0.25, -0.2) is 19.9 Å². The van der Waals surface area contributed by atoms with Gasteiger partial charge in [-0.1, -0.05) is 95.8 Å². The van der Waals surface area contributed by atoms with E-state index in [1.807, 2.05) is 74.7 Å². The highest BCUT2D eigenvalue weighted by atomic mass is 79.9. The number of nitrogens with one attached hydrogen (secondary N) is 2. The predicted molar refractivity (Wildman–Crippen MR) is 371 cm³/mol. The summed E-state index contributed by atoms with van der Waals surface area (Å²) in [5.41, 5.74) is 4.45. The first-order valence-corrected chi connectivity index (χ1v) is 25.0. The van der Waals surface area contributed by atoms with Gasteiger partial charge in [0, 0.05) is 86.2 Å². The third kappa shape index (κ3) is 41.9. The van der Waals surface area contributed by atoms with Crippen molar-refractivity contribution in [1.82, 2.24) is 63.4 Å². The zero-order valence-electron chi connectivity index (χ0n) is 44.4. The van der Waals surface area contributed by atoms with Gasteiger partial charge >= 0.3 is 0 Å². The van der Waals surface area contributed by atoms with Crippen molar-refractivity contribution in [3.8, 4) is 0 Å². The van der Waals surface area contributed by atoms with Crippen molar-refractivity contribution in [2.75, 3.05) is 86.6 Å². The monoisotopic (exact) mass is 1210 g/mol. The number of imidazole rings is 4. The number of aryl methyl sites for hydroxylation is 4. The minimum absolute atomic E-state index is 0. The number of piperidine rings is 5. The first kappa shape index (κ1) is 97.1. The molecule has 2 radical (unpaired) electrons. The summed E-state index contributed by atoms with van der Waals surface area (Å²) >= 11 is 3.59. The molecule has 21 heteroatoms. The lowest BCUT2D eigenvalue weighted by molar-refractivity contribution is 0.0846. The first-order valence-electron chi connectivity index (χ1n) is 24.1. The van der Waals surface area contributed by atoms with Gasteiger partial charge < -0.3 is 48.6 Å². The van der Waals surface area contributed by atoms with Crippen molar-refractivity contribution in [1.29, 1.82) is 0 Å². The number of β-amino-alcohol motifs (C(OH)–C–C–N with tert-alkyl or cyclic N) is 1. The number of H-pyrrole nitrogens is 1. The van der Waals surface area contributed by atoms with E-state index >= 15 is 0 Å². The Bertz CT molecular complexity index is 1710. The number of likely N-dealkylation sites (N-methyl/N-ethyl adjacent to an activating group) is 2. The van der Waals surface area contributed by atoms with Crippen molar-refractivity contribution in [3.05, 3.63) is 72.9 Å². The highest BCUT2D eigenvalue weighted by Gasteiger charge is 2.21. The van der Waals surface area contributed by atoms with Gasteiger partial charge in [0.2, 0.25) is 7.41 Å². The summed E-state index contributed by atoms with van der Waals surface area (Å²) in [6, 6.07) is 1.88. The van der Waals surface area contributed by atoms with Gasteiger partial charge in [-0.15, -0.1) is 0 Å². The van der Waals surface area contributed by atoms with Crippen LogP contribution in [-0.2, 0) is 0 Å². The molecular weight excluding hydrogens is 1080 g/mol. The molecule has 3 N–H and O–H groups in total. The van der Waals surface area contributed by atoms with E-state index in [0.717, 1.165) is 73.2 Å². The molecule has 4 aromatic heterocycles. The maximum absolute atomic E-state index is 9.04. The van der Waals surface area contributed by atoms with Crippen molar-refractivity contribution in [3.63, 3.8) is 0 Å². The van der Waals surface area contributed by atoms with Crippen molar-refractivity contribution in [2.24, 2.45) is 0 Å². The van der Waals surface area contributed by atoms with Crippen LogP contribution in [0.2, 0.25) is 20.5 Å². The molecule has 0 amide bonds. The average molecular weight is 1220 g/mol. The summed E-state index contributed by atoms with van der Waals surface area (Å²) in [5.74, 6) is 0. The van der Waals surface area contributed by atoms with E-state index in [0.29, 0.717) is 18.1 Å². The lowest BCUT2D eigenvalue weighted by Crippen LogP contribution is -2.37. The number of likely N-dealkylation sites (tertiary alicyclic amines) is 3. The van der Waals surface area contributed by atoms with Gasteiger partial charge in [-0.05, 0) is 146 Å². The number of aliphatic hydroxyl groups is 1. The maximum Gasteiger partial charge on any atom is 0.205 e. The van der Waals surface area contributed by atoms with E-state index in [-0.39, 0.29) is 105 Å². The molecule has 5 aliphatic rings. The second kappa shape index (κ2) is 57.2. The maximum atomic E-state index is 9.04. The van der Waals surface area contributed by atoms with E-state index < -0.39 is 0 Å². The first-order chi connectivity index (χ1) is 30.8. The quantitative estimate of drug-likeness (QED) is 0.103. The zero-order valence-corrected chi connectivity index (χ0v) is 51.6. The Balaban J connectivity index is -0.0000000838. The van der Waals surface area contributed by atoms with Crippen LogP contribution in [0.3, 0.4) is 0 Å². The van der Waals surface area contributed by atoms with Crippen molar-refractivity contribution in [2.45, 2.75) is 201 Å². The second-order valence-corrected chi connectivity index (χ2v) is 19.7. The predicted octanol–water partition coefficient (Wildman–Crippen LogP) is 12.4. The van der Waals surface area contributed by atoms with Crippen LogP contribution < -0.4 is 5.32 Å². The van der Waals surface area contributed by atoms with Gasteiger partial charge in [-0.3, -0.25) is 0 Å². The summed E-state index contributed by atoms with van der Waals surface area (Å²) < 4.78 is 6.73. The summed E-state index contributed by atoms with van der Waals surface area (Å²) in [7, 11) is 10.6. The standard InChI is InChI=1S/C10H17BN3.C10H17N3.C9H15N3.C6H12BrN.C6H13NO.C4H6N2.C2H6B.8CH4.4H3P/c1-9-6-13(8-12-9)10-4-3-5-14(7-10)11-2;1-9-6-13(8-11-9)10-4-3-5-12(2)7-10;1-8-6-12(7-11-8)9-3-2-4-10-5-9;1-8-4-2-3-6(7)5-8;1-7-4-2-3-6(8)5-7;1-4-2-5-3-6-4;1-3-2;;;;;;;;;;;;/h6,8,10H,3-5,7H2,1-2H3;6,8,10H,3-5,7H2,1-2H3;6-7,9-10H,2-5H2,1H3;6H,2-5H2,1H3;6,8H,2-5H2,1H3;2-3H,1H3,(H,5,6);1-2H3;8*1H4;4*1H3. The fraction of sp³-hybridized carbons (Fsp3) is 0.782. The third-order valence-corrected chi connectivity index (χ3v) is 12.7. The molecule has 5 aliphatic heterocycles. The largest absolute Gasteiger partial charge is 0.392 e. The molecule has 14 nitrogen and oxygen atoms in total. The topological polar surface area (TPSA) is 127 Å². The average Bonchev–Trinajstić information content (AvgIpc) is 4.13. The van der Waals surface area contributed by atoms with Crippen LogP contribution in [-0.4, -0.2) is 175 Å². The minimum atomic E-state index is -0.0613. The Morgan fingerprint density at radius 1 is 0.553 bits per heavy atom. The van der Waals surface area contributed by atoms with Gasteiger partial charge in [-0.2, -0.15) is 39.6 Å². The lowest BCUT2D eigenvalue weighted by Gasteiger charge is -2.32.